The Morgan fingerprint density at radius 2 is 1.90 bits per heavy atom. The molecule has 0 bridgehead atoms. The van der Waals surface area contributed by atoms with Crippen LogP contribution in [-0.4, -0.2) is 54.0 Å². The lowest BCUT2D eigenvalue weighted by molar-refractivity contribution is 0.0837. The highest BCUT2D eigenvalue weighted by atomic mass is 33.1. The molecule has 0 aromatic carbocycles. The van der Waals surface area contributed by atoms with E-state index in [4.69, 9.17) is 4.74 Å². The lowest BCUT2D eigenvalue weighted by Crippen LogP contribution is -2.40. The third kappa shape index (κ3) is 10.9. The van der Waals surface area contributed by atoms with Gasteiger partial charge in [-0.1, -0.05) is 61.6 Å². The molecule has 2 unspecified atom stereocenters. The van der Waals surface area contributed by atoms with Gasteiger partial charge < -0.3 is 9.84 Å². The van der Waals surface area contributed by atoms with Crippen LogP contribution in [0.5, 0.6) is 0 Å². The summed E-state index contributed by atoms with van der Waals surface area (Å²) in [5, 5.41) is 9.68. The monoisotopic (exact) mass is 337 g/mol. The molecule has 5 heteroatoms. The molecule has 2 atom stereocenters. The van der Waals surface area contributed by atoms with Gasteiger partial charge in [-0.2, -0.15) is 0 Å². The van der Waals surface area contributed by atoms with E-state index in [-0.39, 0.29) is 6.61 Å². The van der Waals surface area contributed by atoms with Gasteiger partial charge in [0.25, 0.3) is 0 Å². The summed E-state index contributed by atoms with van der Waals surface area (Å²) in [5.74, 6) is 1.70. The van der Waals surface area contributed by atoms with E-state index in [1.165, 1.54) is 31.4 Å². The standard InChI is InChI=1S/C16H35NO2S2/c1-5-8-9-10-13-20-21-16(15(4)14-19-7-3)17(6-2)11-12-18/h15-16,18H,5-14H2,1-4H3. The fourth-order valence-corrected chi connectivity index (χ4v) is 5.40. The third-order valence-electron chi connectivity index (χ3n) is 3.47. The van der Waals surface area contributed by atoms with Crippen LogP contribution in [0.3, 0.4) is 0 Å². The third-order valence-corrected chi connectivity index (χ3v) is 6.52. The molecular formula is C16H35NO2S2. The lowest BCUT2D eigenvalue weighted by atomic mass is 10.2. The SMILES string of the molecule is CCCCCCSSC(C(C)COCC)N(CC)CCO. The summed E-state index contributed by atoms with van der Waals surface area (Å²) < 4.78 is 5.60. The Hall–Kier alpha value is 0.580. The van der Waals surface area contributed by atoms with Crippen molar-refractivity contribution in [1.82, 2.24) is 4.90 Å². The first-order valence-corrected chi connectivity index (χ1v) is 10.8. The Morgan fingerprint density at radius 3 is 2.48 bits per heavy atom. The van der Waals surface area contributed by atoms with Crippen molar-refractivity contribution in [3.63, 3.8) is 0 Å². The largest absolute Gasteiger partial charge is 0.395 e. The Labute approximate surface area is 140 Å². The van der Waals surface area contributed by atoms with Crippen LogP contribution in [0.4, 0.5) is 0 Å². The van der Waals surface area contributed by atoms with Gasteiger partial charge >= 0.3 is 0 Å². The van der Waals surface area contributed by atoms with Gasteiger partial charge in [0.15, 0.2) is 0 Å². The van der Waals surface area contributed by atoms with E-state index in [2.05, 4.69) is 25.7 Å². The van der Waals surface area contributed by atoms with Crippen LogP contribution in [-0.2, 0) is 4.74 Å². The minimum atomic E-state index is 0.230. The maximum absolute atomic E-state index is 9.25. The molecule has 1 N–H and O–H groups in total. The van der Waals surface area contributed by atoms with E-state index in [9.17, 15) is 5.11 Å². The predicted octanol–water partition coefficient (Wildman–Crippen LogP) is 4.26. The number of rotatable bonds is 15. The van der Waals surface area contributed by atoms with Gasteiger partial charge in [-0.25, -0.2) is 0 Å². The second-order valence-electron chi connectivity index (χ2n) is 5.36. The van der Waals surface area contributed by atoms with Crippen LogP contribution >= 0.6 is 21.6 Å². The molecule has 0 aromatic heterocycles. The highest BCUT2D eigenvalue weighted by Gasteiger charge is 2.24. The molecular weight excluding hydrogens is 302 g/mol. The zero-order valence-corrected chi connectivity index (χ0v) is 16.0. The molecule has 128 valence electrons. The van der Waals surface area contributed by atoms with E-state index in [0.717, 1.165) is 26.3 Å². The summed E-state index contributed by atoms with van der Waals surface area (Å²) in [5.41, 5.74) is 0. The van der Waals surface area contributed by atoms with Crippen molar-refractivity contribution in [2.24, 2.45) is 5.92 Å². The molecule has 0 amide bonds. The molecule has 0 aliphatic carbocycles. The number of aliphatic hydroxyl groups is 1. The van der Waals surface area contributed by atoms with Crippen LogP contribution < -0.4 is 0 Å². The average Bonchev–Trinajstić information content (AvgIpc) is 2.50. The Bertz CT molecular complexity index is 220. The summed E-state index contributed by atoms with van der Waals surface area (Å²) in [4.78, 5) is 2.37. The Kier molecular flexibility index (Phi) is 15.9. The average molecular weight is 338 g/mol. The van der Waals surface area contributed by atoms with E-state index in [1.807, 2.05) is 28.5 Å². The number of hydrogen-bond acceptors (Lipinski definition) is 5. The van der Waals surface area contributed by atoms with Gasteiger partial charge in [0.1, 0.15) is 0 Å². The molecule has 0 saturated carbocycles. The smallest absolute Gasteiger partial charge is 0.0710 e. The van der Waals surface area contributed by atoms with Gasteiger partial charge in [-0.3, -0.25) is 4.90 Å². The van der Waals surface area contributed by atoms with Crippen molar-refractivity contribution >= 4 is 21.6 Å². The molecule has 3 nitrogen and oxygen atoms in total. The molecule has 0 radical (unpaired) electrons. The molecule has 0 aliphatic rings. The molecule has 21 heavy (non-hydrogen) atoms. The summed E-state index contributed by atoms with van der Waals surface area (Å²) in [6, 6.07) is 0. The van der Waals surface area contributed by atoms with Crippen LogP contribution in [0, 0.1) is 5.92 Å². The molecule has 0 spiro atoms. The molecule has 0 aromatic rings. The van der Waals surface area contributed by atoms with Gasteiger partial charge in [-0.05, 0) is 19.9 Å². The second kappa shape index (κ2) is 15.5. The van der Waals surface area contributed by atoms with Gasteiger partial charge in [0, 0.05) is 24.8 Å². The number of likely N-dealkylation sites (N-methyl/N-ethyl adjacent to an activating group) is 1. The van der Waals surface area contributed by atoms with Crippen LogP contribution in [0.1, 0.15) is 53.4 Å². The van der Waals surface area contributed by atoms with Crippen LogP contribution in [0.25, 0.3) is 0 Å². The quantitative estimate of drug-likeness (QED) is 0.274. The van der Waals surface area contributed by atoms with E-state index in [0.29, 0.717) is 11.3 Å². The van der Waals surface area contributed by atoms with Crippen molar-refractivity contribution < 1.29 is 9.84 Å². The van der Waals surface area contributed by atoms with Gasteiger partial charge in [0.05, 0.1) is 18.6 Å². The second-order valence-corrected chi connectivity index (χ2v) is 7.96. The first-order valence-electron chi connectivity index (χ1n) is 8.42. The maximum Gasteiger partial charge on any atom is 0.0710 e. The number of aliphatic hydroxyl groups excluding tert-OH is 1. The Morgan fingerprint density at radius 1 is 1.14 bits per heavy atom. The van der Waals surface area contributed by atoms with Crippen molar-refractivity contribution in [1.29, 1.82) is 0 Å². The minimum absolute atomic E-state index is 0.230. The van der Waals surface area contributed by atoms with Gasteiger partial charge in [-0.15, -0.1) is 0 Å². The zero-order chi connectivity index (χ0) is 15.9. The summed E-state index contributed by atoms with van der Waals surface area (Å²) in [6.07, 6.45) is 5.30. The number of unbranched alkanes of at least 4 members (excludes halogenated alkanes) is 3. The zero-order valence-electron chi connectivity index (χ0n) is 14.3. The van der Waals surface area contributed by atoms with Crippen molar-refractivity contribution in [2.45, 2.75) is 58.8 Å². The number of nitrogens with zero attached hydrogens (tertiary/aromatic N) is 1. The van der Waals surface area contributed by atoms with Crippen molar-refractivity contribution in [3.8, 4) is 0 Å². The van der Waals surface area contributed by atoms with E-state index in [1.54, 1.807) is 0 Å². The van der Waals surface area contributed by atoms with E-state index >= 15 is 0 Å². The number of hydrogen-bond donors (Lipinski definition) is 1. The molecule has 0 saturated heterocycles. The number of ether oxygens (including phenoxy) is 1. The fraction of sp³-hybridized carbons (Fsp3) is 1.00. The molecule has 0 aliphatic heterocycles. The molecule has 0 fully saturated rings. The minimum Gasteiger partial charge on any atom is -0.395 e. The summed E-state index contributed by atoms with van der Waals surface area (Å²) >= 11 is 0. The van der Waals surface area contributed by atoms with Crippen molar-refractivity contribution in [3.05, 3.63) is 0 Å². The van der Waals surface area contributed by atoms with E-state index < -0.39 is 0 Å². The predicted molar refractivity (Wildman–Crippen MR) is 98.0 cm³/mol. The maximum atomic E-state index is 9.25. The Balaban J connectivity index is 4.22. The fourth-order valence-electron chi connectivity index (χ4n) is 2.20. The normalized spacial score (nSPS) is 14.6. The summed E-state index contributed by atoms with van der Waals surface area (Å²) in [7, 11) is 3.94. The van der Waals surface area contributed by atoms with Crippen LogP contribution in [0.2, 0.25) is 0 Å². The van der Waals surface area contributed by atoms with Gasteiger partial charge in [0.2, 0.25) is 0 Å². The summed E-state index contributed by atoms with van der Waals surface area (Å²) in [6.45, 7) is 12.3. The highest BCUT2D eigenvalue weighted by molar-refractivity contribution is 8.76. The molecule has 0 heterocycles. The van der Waals surface area contributed by atoms with Crippen LogP contribution in [0.15, 0.2) is 0 Å². The van der Waals surface area contributed by atoms with Crippen molar-refractivity contribution in [2.75, 3.05) is 38.7 Å². The first-order chi connectivity index (χ1) is 10.2. The molecule has 0 rings (SSSR count). The highest BCUT2D eigenvalue weighted by Crippen LogP contribution is 2.34. The topological polar surface area (TPSA) is 32.7 Å². The first kappa shape index (κ1) is 21.6. The lowest BCUT2D eigenvalue weighted by Gasteiger charge is -2.33.